The largest absolute Gasteiger partial charge is 0.387 e. The van der Waals surface area contributed by atoms with E-state index in [9.17, 15) is 0 Å². The molecule has 2 rings (SSSR count). The Kier molecular flexibility index (Phi) is 7.40. The maximum Gasteiger partial charge on any atom is 0.0622 e. The molecule has 3 heteroatoms. The lowest BCUT2D eigenvalue weighted by molar-refractivity contribution is 0.265. The van der Waals surface area contributed by atoms with Gasteiger partial charge in [-0.25, -0.2) is 0 Å². The van der Waals surface area contributed by atoms with Gasteiger partial charge in [0.2, 0.25) is 0 Å². The Labute approximate surface area is 146 Å². The van der Waals surface area contributed by atoms with Gasteiger partial charge in [-0.2, -0.15) is 5.26 Å². The minimum absolute atomic E-state index is 0.396. The molecule has 1 unspecified atom stereocenters. The van der Waals surface area contributed by atoms with Crippen LogP contribution in [0.5, 0.6) is 0 Å². The maximum atomic E-state index is 8.60. The molecule has 0 saturated carbocycles. The first-order valence-corrected chi connectivity index (χ1v) is 8.79. The molecule has 0 spiro atoms. The van der Waals surface area contributed by atoms with E-state index in [0.29, 0.717) is 12.5 Å². The first-order valence-electron chi connectivity index (χ1n) is 8.79. The second-order valence-electron chi connectivity index (χ2n) is 6.36. The van der Waals surface area contributed by atoms with E-state index in [-0.39, 0.29) is 0 Å². The number of aryl methyl sites for hydroxylation is 1. The van der Waals surface area contributed by atoms with Gasteiger partial charge in [0.1, 0.15) is 0 Å². The van der Waals surface area contributed by atoms with Gasteiger partial charge >= 0.3 is 0 Å². The molecular formula is C21H27N3. The standard InChI is InChI=1S/C21H27N3/c1-3-4-8-19-10-12-20(13-11-19)17-24-16-7-9-21(24)18(2)23-15-6-5-14-22/h1,10-13,21,23H,2,4-9,15-17H2. The fraction of sp³-hybridized carbons (Fsp3) is 0.476. The number of nitrogens with zero attached hydrogens (tertiary/aromatic N) is 2. The third-order valence-electron chi connectivity index (χ3n) is 4.55. The van der Waals surface area contributed by atoms with Gasteiger partial charge in [-0.05, 0) is 43.4 Å². The predicted molar refractivity (Wildman–Crippen MR) is 99.0 cm³/mol. The van der Waals surface area contributed by atoms with E-state index in [1.807, 2.05) is 0 Å². The van der Waals surface area contributed by atoms with E-state index in [1.165, 1.54) is 17.5 Å². The van der Waals surface area contributed by atoms with Gasteiger partial charge in [0.15, 0.2) is 0 Å². The van der Waals surface area contributed by atoms with E-state index in [1.54, 1.807) is 0 Å². The first kappa shape index (κ1) is 18.1. The highest BCUT2D eigenvalue weighted by Gasteiger charge is 2.26. The van der Waals surface area contributed by atoms with Crippen molar-refractivity contribution in [2.24, 2.45) is 0 Å². The lowest BCUT2D eigenvalue weighted by Crippen LogP contribution is -2.35. The molecule has 1 aliphatic heterocycles. The van der Waals surface area contributed by atoms with Crippen LogP contribution in [0.1, 0.15) is 43.2 Å². The van der Waals surface area contributed by atoms with E-state index >= 15 is 0 Å². The highest BCUT2D eigenvalue weighted by Crippen LogP contribution is 2.24. The maximum absolute atomic E-state index is 8.60. The van der Waals surface area contributed by atoms with Crippen LogP contribution in [0, 0.1) is 23.7 Å². The summed E-state index contributed by atoms with van der Waals surface area (Å²) in [6, 6.07) is 11.4. The van der Waals surface area contributed by atoms with Gasteiger partial charge in [0, 0.05) is 37.7 Å². The molecule has 0 bridgehead atoms. The predicted octanol–water partition coefficient (Wildman–Crippen LogP) is 3.62. The summed E-state index contributed by atoms with van der Waals surface area (Å²) < 4.78 is 0. The van der Waals surface area contributed by atoms with Crippen molar-refractivity contribution >= 4 is 0 Å². The summed E-state index contributed by atoms with van der Waals surface area (Å²) in [5.41, 5.74) is 3.73. The number of hydrogen-bond donors (Lipinski definition) is 1. The summed E-state index contributed by atoms with van der Waals surface area (Å²) in [6.45, 7) is 7.12. The number of terminal acetylenes is 1. The summed E-state index contributed by atoms with van der Waals surface area (Å²) >= 11 is 0. The van der Waals surface area contributed by atoms with Crippen molar-refractivity contribution in [2.75, 3.05) is 13.1 Å². The van der Waals surface area contributed by atoms with Gasteiger partial charge in [-0.3, -0.25) is 4.90 Å². The number of hydrogen-bond acceptors (Lipinski definition) is 3. The Bertz CT molecular complexity index is 603. The Morgan fingerprint density at radius 3 is 2.75 bits per heavy atom. The number of benzene rings is 1. The summed E-state index contributed by atoms with van der Waals surface area (Å²) in [7, 11) is 0. The minimum atomic E-state index is 0.396. The Morgan fingerprint density at radius 1 is 1.29 bits per heavy atom. The van der Waals surface area contributed by atoms with Gasteiger partial charge in [0.25, 0.3) is 0 Å². The summed E-state index contributed by atoms with van der Waals surface area (Å²) in [5, 5.41) is 12.0. The van der Waals surface area contributed by atoms with E-state index in [2.05, 4.69) is 53.1 Å². The van der Waals surface area contributed by atoms with Gasteiger partial charge in [0.05, 0.1) is 6.07 Å². The minimum Gasteiger partial charge on any atom is -0.387 e. The number of nitriles is 1. The van der Waals surface area contributed by atoms with Crippen LogP contribution >= 0.6 is 0 Å². The van der Waals surface area contributed by atoms with Crippen molar-refractivity contribution in [3.05, 3.63) is 47.7 Å². The zero-order valence-electron chi connectivity index (χ0n) is 14.4. The van der Waals surface area contributed by atoms with E-state index in [0.717, 1.165) is 51.0 Å². The van der Waals surface area contributed by atoms with Gasteiger partial charge < -0.3 is 5.32 Å². The van der Waals surface area contributed by atoms with Crippen LogP contribution in [-0.2, 0) is 13.0 Å². The molecule has 1 saturated heterocycles. The number of likely N-dealkylation sites (tertiary alicyclic amines) is 1. The van der Waals surface area contributed by atoms with Crippen molar-refractivity contribution in [1.29, 1.82) is 5.26 Å². The summed E-state index contributed by atoms with van der Waals surface area (Å²) in [4.78, 5) is 2.50. The smallest absolute Gasteiger partial charge is 0.0622 e. The Hall–Kier alpha value is -2.23. The van der Waals surface area contributed by atoms with Crippen molar-refractivity contribution < 1.29 is 0 Å². The van der Waals surface area contributed by atoms with Crippen molar-refractivity contribution in [3.8, 4) is 18.4 Å². The molecule has 1 aliphatic rings. The zero-order chi connectivity index (χ0) is 17.2. The normalized spacial score (nSPS) is 17.2. The van der Waals surface area contributed by atoms with Crippen LogP contribution in [0.25, 0.3) is 0 Å². The average molecular weight is 321 g/mol. The lowest BCUT2D eigenvalue weighted by Gasteiger charge is -2.27. The van der Waals surface area contributed by atoms with Crippen LogP contribution in [-0.4, -0.2) is 24.0 Å². The Morgan fingerprint density at radius 2 is 2.04 bits per heavy atom. The van der Waals surface area contributed by atoms with Crippen LogP contribution in [0.3, 0.4) is 0 Å². The fourth-order valence-corrected chi connectivity index (χ4v) is 3.21. The molecular weight excluding hydrogens is 294 g/mol. The third-order valence-corrected chi connectivity index (χ3v) is 4.55. The van der Waals surface area contributed by atoms with Crippen molar-refractivity contribution in [3.63, 3.8) is 0 Å². The molecule has 0 aromatic heterocycles. The highest BCUT2D eigenvalue weighted by molar-refractivity contribution is 5.23. The molecule has 0 radical (unpaired) electrons. The quantitative estimate of drug-likeness (QED) is 0.558. The molecule has 126 valence electrons. The van der Waals surface area contributed by atoms with Crippen LogP contribution in [0.2, 0.25) is 0 Å². The second kappa shape index (κ2) is 9.81. The van der Waals surface area contributed by atoms with Gasteiger partial charge in [-0.1, -0.05) is 30.8 Å². The number of unbranched alkanes of at least 4 members (excludes halogenated alkanes) is 1. The van der Waals surface area contributed by atoms with Crippen LogP contribution < -0.4 is 5.32 Å². The fourth-order valence-electron chi connectivity index (χ4n) is 3.21. The Balaban J connectivity index is 1.85. The molecule has 1 heterocycles. The van der Waals surface area contributed by atoms with Crippen molar-refractivity contribution in [2.45, 2.75) is 51.1 Å². The van der Waals surface area contributed by atoms with Crippen molar-refractivity contribution in [1.82, 2.24) is 10.2 Å². The number of nitrogens with one attached hydrogen (secondary N) is 1. The van der Waals surface area contributed by atoms with Gasteiger partial charge in [-0.15, -0.1) is 12.3 Å². The van der Waals surface area contributed by atoms with E-state index in [4.69, 9.17) is 11.7 Å². The summed E-state index contributed by atoms with van der Waals surface area (Å²) in [6.07, 6.45) is 10.9. The second-order valence-corrected chi connectivity index (χ2v) is 6.36. The average Bonchev–Trinajstić information content (AvgIpc) is 3.06. The molecule has 1 atom stereocenters. The lowest BCUT2D eigenvalue weighted by atomic mass is 10.1. The molecule has 1 aromatic carbocycles. The molecule has 1 aromatic rings. The first-order chi connectivity index (χ1) is 11.7. The zero-order valence-corrected chi connectivity index (χ0v) is 14.4. The monoisotopic (exact) mass is 321 g/mol. The molecule has 0 aliphatic carbocycles. The van der Waals surface area contributed by atoms with E-state index < -0.39 is 0 Å². The molecule has 3 nitrogen and oxygen atoms in total. The molecule has 0 amide bonds. The van der Waals surface area contributed by atoms with Crippen LogP contribution in [0.15, 0.2) is 36.5 Å². The number of rotatable bonds is 9. The highest BCUT2D eigenvalue weighted by atomic mass is 15.2. The third kappa shape index (κ3) is 5.44. The van der Waals surface area contributed by atoms with Crippen LogP contribution in [0.4, 0.5) is 0 Å². The SMILES string of the molecule is C#CCCc1ccc(CN2CCCC2C(=C)NCCCC#N)cc1. The molecule has 24 heavy (non-hydrogen) atoms. The molecule has 1 fully saturated rings. The topological polar surface area (TPSA) is 39.1 Å². The summed E-state index contributed by atoms with van der Waals surface area (Å²) in [5.74, 6) is 2.69. The molecule has 1 N–H and O–H groups in total.